The van der Waals surface area contributed by atoms with Gasteiger partial charge in [0, 0.05) is 0 Å². The summed E-state index contributed by atoms with van der Waals surface area (Å²) in [6.45, 7) is -3.38. The molecule has 0 aromatic rings. The summed E-state index contributed by atoms with van der Waals surface area (Å²) in [4.78, 5) is 0. The summed E-state index contributed by atoms with van der Waals surface area (Å²) in [5, 5.41) is 0. The molecule has 0 radical (unpaired) electrons. The van der Waals surface area contributed by atoms with E-state index in [0.717, 1.165) is 0 Å². The monoisotopic (exact) mass is 416 g/mol. The third kappa shape index (κ3) is 5.18. The van der Waals surface area contributed by atoms with Crippen molar-refractivity contribution in [2.75, 3.05) is 6.61 Å². The van der Waals surface area contributed by atoms with Crippen molar-refractivity contribution < 1.29 is 75.3 Å². The highest BCUT2D eigenvalue weighted by Crippen LogP contribution is 2.48. The lowest BCUT2D eigenvalue weighted by Crippen LogP contribution is -2.56. The zero-order chi connectivity index (χ0) is 20.7. The Labute approximate surface area is 126 Å². The van der Waals surface area contributed by atoms with Crippen LogP contribution in [0.5, 0.6) is 0 Å². The minimum Gasteiger partial charge on any atom is -0.309 e. The second-order valence-electron chi connectivity index (χ2n) is 4.08. The number of halogens is 15. The van der Waals surface area contributed by atoms with Gasteiger partial charge in [0.15, 0.2) is 0 Å². The second kappa shape index (κ2) is 6.55. The second-order valence-corrected chi connectivity index (χ2v) is 4.08. The fourth-order valence-electron chi connectivity index (χ4n) is 0.772. The Kier molecular flexibility index (Phi) is 6.25. The van der Waals surface area contributed by atoms with Crippen molar-refractivity contribution in [3.63, 3.8) is 0 Å². The van der Waals surface area contributed by atoms with Crippen molar-refractivity contribution in [2.24, 2.45) is 0 Å². The smallest absolute Gasteiger partial charge is 0.309 e. The lowest BCUT2D eigenvalue weighted by atomic mass is 10.3. The summed E-state index contributed by atoms with van der Waals surface area (Å²) in [7, 11) is 0. The third-order valence-corrected chi connectivity index (χ3v) is 2.10. The fourth-order valence-corrected chi connectivity index (χ4v) is 0.772. The van der Waals surface area contributed by atoms with Gasteiger partial charge in [-0.15, -0.1) is 0 Å². The normalized spacial score (nSPS) is 16.9. The van der Waals surface area contributed by atoms with Gasteiger partial charge < -0.3 is 4.74 Å². The van der Waals surface area contributed by atoms with E-state index < -0.39 is 49.4 Å². The van der Waals surface area contributed by atoms with E-state index in [-0.39, 0.29) is 0 Å². The first-order chi connectivity index (χ1) is 10.6. The molecule has 0 aromatic carbocycles. The molecular formula is C8H3F15O2. The molecule has 0 rings (SSSR count). The Hall–Kier alpha value is -1.13. The molecule has 0 spiro atoms. The lowest BCUT2D eigenvalue weighted by molar-refractivity contribution is -0.468. The van der Waals surface area contributed by atoms with E-state index in [1.54, 1.807) is 0 Å². The van der Waals surface area contributed by atoms with Crippen LogP contribution in [0.4, 0.5) is 65.9 Å². The molecule has 0 amide bonds. The average Bonchev–Trinajstić information content (AvgIpc) is 2.33. The van der Waals surface area contributed by atoms with E-state index in [9.17, 15) is 65.9 Å². The first-order valence-corrected chi connectivity index (χ1v) is 5.19. The number of rotatable bonds is 7. The first kappa shape index (κ1) is 23.9. The van der Waals surface area contributed by atoms with Crippen LogP contribution in [0, 0.1) is 0 Å². The SMILES string of the molecule is FC(OC(F)(F)C(F)(F)C(F)(F)F)C(F)(F)OCC(F)(F)C(F)(F)F. The molecule has 25 heavy (non-hydrogen) atoms. The summed E-state index contributed by atoms with van der Waals surface area (Å²) in [6, 6.07) is 0. The lowest BCUT2D eigenvalue weighted by Gasteiger charge is -2.31. The highest BCUT2D eigenvalue weighted by Gasteiger charge is 2.76. The van der Waals surface area contributed by atoms with Crippen LogP contribution in [0.3, 0.4) is 0 Å². The van der Waals surface area contributed by atoms with Gasteiger partial charge >= 0.3 is 36.4 Å². The standard InChI is InChI=1S/C8H3F15O2/c9-2(25-8(22,23)5(14,15)7(19,20)21)4(12,13)24-1-3(10,11)6(16,17)18/h2H,1H2. The van der Waals surface area contributed by atoms with E-state index >= 15 is 0 Å². The van der Waals surface area contributed by atoms with E-state index in [0.29, 0.717) is 0 Å². The minimum absolute atomic E-state index is 1.87. The molecule has 0 aliphatic carbocycles. The van der Waals surface area contributed by atoms with E-state index in [1.165, 1.54) is 0 Å². The Morgan fingerprint density at radius 3 is 1.36 bits per heavy atom. The van der Waals surface area contributed by atoms with Crippen LogP contribution in [-0.2, 0) is 9.47 Å². The van der Waals surface area contributed by atoms with E-state index in [2.05, 4.69) is 4.74 Å². The van der Waals surface area contributed by atoms with Crippen LogP contribution in [0.25, 0.3) is 0 Å². The Morgan fingerprint density at radius 1 is 0.640 bits per heavy atom. The van der Waals surface area contributed by atoms with Crippen molar-refractivity contribution in [3.05, 3.63) is 0 Å². The molecule has 0 saturated carbocycles. The fraction of sp³-hybridized carbons (Fsp3) is 1.00. The number of hydrogen-bond donors (Lipinski definition) is 0. The van der Waals surface area contributed by atoms with Crippen molar-refractivity contribution in [1.29, 1.82) is 0 Å². The van der Waals surface area contributed by atoms with Gasteiger partial charge in [-0.1, -0.05) is 0 Å². The van der Waals surface area contributed by atoms with Crippen molar-refractivity contribution in [3.8, 4) is 0 Å². The summed E-state index contributed by atoms with van der Waals surface area (Å²) in [5.41, 5.74) is 0. The average molecular weight is 416 g/mol. The van der Waals surface area contributed by atoms with E-state index in [4.69, 9.17) is 0 Å². The van der Waals surface area contributed by atoms with E-state index in [1.807, 2.05) is 4.74 Å². The van der Waals surface area contributed by atoms with Gasteiger partial charge in [0.25, 0.3) is 6.36 Å². The van der Waals surface area contributed by atoms with Gasteiger partial charge in [0.05, 0.1) is 0 Å². The maximum absolute atomic E-state index is 12.7. The molecule has 2 nitrogen and oxygen atoms in total. The molecule has 0 bridgehead atoms. The Balaban J connectivity index is 5.19. The molecule has 0 N–H and O–H groups in total. The maximum atomic E-state index is 12.7. The predicted octanol–water partition coefficient (Wildman–Crippen LogP) is 4.90. The quantitative estimate of drug-likeness (QED) is 0.551. The molecule has 17 heteroatoms. The molecule has 0 aliphatic heterocycles. The van der Waals surface area contributed by atoms with Gasteiger partial charge in [-0.05, 0) is 0 Å². The molecule has 0 fully saturated rings. The van der Waals surface area contributed by atoms with Crippen LogP contribution in [0.15, 0.2) is 0 Å². The van der Waals surface area contributed by atoms with Gasteiger partial charge in [0.1, 0.15) is 6.61 Å². The van der Waals surface area contributed by atoms with Crippen molar-refractivity contribution in [2.45, 2.75) is 42.8 Å². The van der Waals surface area contributed by atoms with Gasteiger partial charge in [-0.2, -0.15) is 61.5 Å². The molecule has 1 unspecified atom stereocenters. The summed E-state index contributed by atoms with van der Waals surface area (Å²) in [5.74, 6) is -13.3. The Bertz CT molecular complexity index is 449. The zero-order valence-electron chi connectivity index (χ0n) is 10.8. The van der Waals surface area contributed by atoms with Gasteiger partial charge in [-0.25, -0.2) is 4.39 Å². The molecule has 0 heterocycles. The molecule has 1 atom stereocenters. The molecule has 0 saturated heterocycles. The van der Waals surface area contributed by atoms with Crippen LogP contribution in [-0.4, -0.2) is 49.4 Å². The number of ether oxygens (including phenoxy) is 2. The van der Waals surface area contributed by atoms with Crippen LogP contribution in [0.1, 0.15) is 0 Å². The zero-order valence-corrected chi connectivity index (χ0v) is 10.8. The molecule has 0 aliphatic rings. The summed E-state index contributed by atoms with van der Waals surface area (Å²) in [6.07, 6.45) is -32.0. The van der Waals surface area contributed by atoms with Gasteiger partial charge in [-0.3, -0.25) is 4.74 Å². The van der Waals surface area contributed by atoms with Crippen molar-refractivity contribution >= 4 is 0 Å². The summed E-state index contributed by atoms with van der Waals surface area (Å²) >= 11 is 0. The number of alkyl halides is 15. The highest BCUT2D eigenvalue weighted by atomic mass is 19.4. The van der Waals surface area contributed by atoms with Crippen molar-refractivity contribution in [1.82, 2.24) is 0 Å². The molecular weight excluding hydrogens is 413 g/mol. The van der Waals surface area contributed by atoms with Gasteiger partial charge in [0.2, 0.25) is 0 Å². The minimum atomic E-state index is -7.21. The highest BCUT2D eigenvalue weighted by molar-refractivity contribution is 4.86. The molecule has 152 valence electrons. The number of hydrogen-bond acceptors (Lipinski definition) is 2. The molecule has 0 aromatic heterocycles. The van der Waals surface area contributed by atoms with Crippen LogP contribution >= 0.6 is 0 Å². The Morgan fingerprint density at radius 2 is 1.04 bits per heavy atom. The largest absolute Gasteiger partial charge is 0.462 e. The third-order valence-electron chi connectivity index (χ3n) is 2.10. The first-order valence-electron chi connectivity index (χ1n) is 5.19. The predicted molar refractivity (Wildman–Crippen MR) is 43.8 cm³/mol. The van der Waals surface area contributed by atoms with Crippen LogP contribution < -0.4 is 0 Å². The maximum Gasteiger partial charge on any atom is 0.462 e. The van der Waals surface area contributed by atoms with Crippen LogP contribution in [0.2, 0.25) is 0 Å². The topological polar surface area (TPSA) is 18.5 Å². The summed E-state index contributed by atoms with van der Waals surface area (Å²) < 4.78 is 186.